The molecule has 0 fully saturated rings. The molecule has 0 aliphatic rings. The van der Waals surface area contributed by atoms with Gasteiger partial charge in [0.1, 0.15) is 12.5 Å². The van der Waals surface area contributed by atoms with Crippen LogP contribution in [0, 0.1) is 5.92 Å². The molecule has 0 spiro atoms. The van der Waals surface area contributed by atoms with E-state index in [-0.39, 0.29) is 25.6 Å². The van der Waals surface area contributed by atoms with Gasteiger partial charge in [-0.25, -0.2) is 0 Å². The summed E-state index contributed by atoms with van der Waals surface area (Å²) in [4.78, 5) is 31.0. The van der Waals surface area contributed by atoms with Crippen LogP contribution in [-0.2, 0) is 25.5 Å². The first-order valence-corrected chi connectivity index (χ1v) is 7.44. The van der Waals surface area contributed by atoms with Crippen molar-refractivity contribution < 1.29 is 28.9 Å². The summed E-state index contributed by atoms with van der Waals surface area (Å²) >= 11 is 0. The molecule has 0 saturated heterocycles. The van der Waals surface area contributed by atoms with E-state index in [0.29, 0.717) is 0 Å². The minimum absolute atomic E-state index is 0.00934. The summed E-state index contributed by atoms with van der Waals surface area (Å²) in [5.41, 5.74) is 0.842. The first kappa shape index (κ1) is 16.3. The lowest BCUT2D eigenvalue weighted by Crippen LogP contribution is -2.18. The van der Waals surface area contributed by atoms with Gasteiger partial charge in [-0.05, 0) is 16.5 Å². The second-order valence-corrected chi connectivity index (χ2v) is 5.32. The Balaban J connectivity index is 2.34. The molecular weight excluding hydrogens is 283 g/mol. The molecule has 2 atom stereocenters. The van der Waals surface area contributed by atoms with Crippen molar-refractivity contribution in [3.8, 4) is 0 Å². The summed E-state index contributed by atoms with van der Waals surface area (Å²) < 4.78 is 15.6. The van der Waals surface area contributed by atoms with Crippen molar-refractivity contribution in [3.05, 3.63) is 35.9 Å². The smallest absolute Gasteiger partial charge is 0.481 e. The SMILES string of the molecule is O=C(CCC(C[P+](=O)O)C(=O)O)OCc1ccccc1. The summed E-state index contributed by atoms with van der Waals surface area (Å²) in [6, 6.07) is 9.11. The molecule has 0 aliphatic heterocycles. The van der Waals surface area contributed by atoms with Crippen molar-refractivity contribution in [3.63, 3.8) is 0 Å². The summed E-state index contributed by atoms with van der Waals surface area (Å²) in [6.45, 7) is 0.131. The molecule has 2 unspecified atom stereocenters. The van der Waals surface area contributed by atoms with E-state index >= 15 is 0 Å². The average molecular weight is 299 g/mol. The van der Waals surface area contributed by atoms with Crippen LogP contribution in [0.4, 0.5) is 0 Å². The van der Waals surface area contributed by atoms with Gasteiger partial charge < -0.3 is 9.84 Å². The third kappa shape index (κ3) is 6.41. The van der Waals surface area contributed by atoms with Crippen LogP contribution in [0.5, 0.6) is 0 Å². The highest BCUT2D eigenvalue weighted by molar-refractivity contribution is 7.38. The molecule has 0 heterocycles. The Labute approximate surface area is 117 Å². The van der Waals surface area contributed by atoms with Crippen molar-refractivity contribution >= 4 is 20.0 Å². The summed E-state index contributed by atoms with van der Waals surface area (Å²) in [5.74, 6) is -2.71. The van der Waals surface area contributed by atoms with Gasteiger partial charge in [0.2, 0.25) is 0 Å². The van der Waals surface area contributed by atoms with Crippen LogP contribution in [0.25, 0.3) is 0 Å². The summed E-state index contributed by atoms with van der Waals surface area (Å²) in [7, 11) is -2.53. The molecule has 7 heteroatoms. The molecule has 2 N–H and O–H groups in total. The van der Waals surface area contributed by atoms with Gasteiger partial charge in [0.25, 0.3) is 0 Å². The summed E-state index contributed by atoms with van der Waals surface area (Å²) in [6.07, 6.45) is -0.450. The first-order valence-electron chi connectivity index (χ1n) is 6.05. The van der Waals surface area contributed by atoms with E-state index in [2.05, 4.69) is 0 Å². The number of rotatable bonds is 8. The van der Waals surface area contributed by atoms with Crippen LogP contribution in [0.2, 0.25) is 0 Å². The molecule has 1 rings (SSSR count). The number of carboxylic acid groups (broad SMARTS) is 1. The molecular formula is C13H16O6P+. The van der Waals surface area contributed by atoms with Gasteiger partial charge in [-0.1, -0.05) is 30.3 Å². The fraction of sp³-hybridized carbons (Fsp3) is 0.385. The Morgan fingerprint density at radius 3 is 2.45 bits per heavy atom. The maximum Gasteiger partial charge on any atom is 0.506 e. The quantitative estimate of drug-likeness (QED) is 0.562. The van der Waals surface area contributed by atoms with Crippen molar-refractivity contribution in [1.82, 2.24) is 0 Å². The molecule has 0 bridgehead atoms. The standard InChI is InChI=1S/C13H15O6P/c14-12(19-8-10-4-2-1-3-5-10)7-6-11(13(15)16)9-20(17)18/h1-5,11H,6-9H2,(H-,15,16,17,18)/p+1. The van der Waals surface area contributed by atoms with E-state index < -0.39 is 25.9 Å². The van der Waals surface area contributed by atoms with Crippen LogP contribution < -0.4 is 0 Å². The number of carbonyl (C=O) groups excluding carboxylic acids is 1. The number of aliphatic carboxylic acids is 1. The minimum Gasteiger partial charge on any atom is -0.481 e. The van der Waals surface area contributed by atoms with Gasteiger partial charge in [-0.2, -0.15) is 4.89 Å². The van der Waals surface area contributed by atoms with Gasteiger partial charge in [0.15, 0.2) is 6.16 Å². The lowest BCUT2D eigenvalue weighted by atomic mass is 10.1. The van der Waals surface area contributed by atoms with Gasteiger partial charge in [-0.3, -0.25) is 9.59 Å². The van der Waals surface area contributed by atoms with Crippen molar-refractivity contribution in [2.45, 2.75) is 19.4 Å². The highest BCUT2D eigenvalue weighted by atomic mass is 31.1. The van der Waals surface area contributed by atoms with E-state index in [0.717, 1.165) is 5.56 Å². The molecule has 6 nitrogen and oxygen atoms in total. The molecule has 1 aromatic carbocycles. The predicted molar refractivity (Wildman–Crippen MR) is 71.3 cm³/mol. The number of hydrogen-bond acceptors (Lipinski definition) is 4. The molecule has 0 aromatic heterocycles. The van der Waals surface area contributed by atoms with E-state index in [9.17, 15) is 14.2 Å². The number of hydrogen-bond donors (Lipinski definition) is 2. The van der Waals surface area contributed by atoms with Gasteiger partial charge in [0.05, 0.1) is 0 Å². The van der Waals surface area contributed by atoms with Gasteiger partial charge in [-0.15, -0.1) is 0 Å². The molecule has 20 heavy (non-hydrogen) atoms. The van der Waals surface area contributed by atoms with E-state index in [1.165, 1.54) is 0 Å². The second kappa shape index (κ2) is 8.40. The molecule has 0 radical (unpaired) electrons. The average Bonchev–Trinajstić information content (AvgIpc) is 2.41. The van der Waals surface area contributed by atoms with Crippen molar-refractivity contribution in [1.29, 1.82) is 0 Å². The van der Waals surface area contributed by atoms with Crippen LogP contribution in [0.3, 0.4) is 0 Å². The number of carbonyl (C=O) groups is 2. The molecule has 0 aliphatic carbocycles. The van der Waals surface area contributed by atoms with Crippen molar-refractivity contribution in [2.24, 2.45) is 5.92 Å². The third-order valence-electron chi connectivity index (χ3n) is 2.67. The number of ether oxygens (including phenoxy) is 1. The van der Waals surface area contributed by atoms with Crippen molar-refractivity contribution in [2.75, 3.05) is 6.16 Å². The zero-order chi connectivity index (χ0) is 15.0. The number of esters is 1. The second-order valence-electron chi connectivity index (χ2n) is 4.25. The lowest BCUT2D eigenvalue weighted by molar-refractivity contribution is -0.146. The molecule has 0 saturated carbocycles. The Bertz CT molecular complexity index is 473. The van der Waals surface area contributed by atoms with Crippen LogP contribution in [0.1, 0.15) is 18.4 Å². The maximum absolute atomic E-state index is 11.5. The van der Waals surface area contributed by atoms with E-state index in [1.54, 1.807) is 0 Å². The lowest BCUT2D eigenvalue weighted by Gasteiger charge is -2.07. The number of benzene rings is 1. The van der Waals surface area contributed by atoms with E-state index in [4.69, 9.17) is 14.7 Å². The number of carboxylic acids is 1. The monoisotopic (exact) mass is 299 g/mol. The highest BCUT2D eigenvalue weighted by Crippen LogP contribution is 2.22. The third-order valence-corrected chi connectivity index (χ3v) is 3.42. The van der Waals surface area contributed by atoms with E-state index in [1.807, 2.05) is 30.3 Å². The van der Waals surface area contributed by atoms with Crippen LogP contribution in [0.15, 0.2) is 30.3 Å². The minimum atomic E-state index is -2.53. The van der Waals surface area contributed by atoms with Gasteiger partial charge >= 0.3 is 20.0 Å². The summed E-state index contributed by atoms with van der Waals surface area (Å²) in [5, 5.41) is 8.85. The van der Waals surface area contributed by atoms with Crippen LogP contribution in [-0.4, -0.2) is 28.1 Å². The largest absolute Gasteiger partial charge is 0.506 e. The Hall–Kier alpha value is -1.78. The molecule has 1 aromatic rings. The highest BCUT2D eigenvalue weighted by Gasteiger charge is 2.28. The first-order chi connectivity index (χ1) is 9.49. The predicted octanol–water partition coefficient (Wildman–Crippen LogP) is 1.95. The zero-order valence-corrected chi connectivity index (χ0v) is 11.7. The normalized spacial score (nSPS) is 12.6. The fourth-order valence-electron chi connectivity index (χ4n) is 1.58. The Morgan fingerprint density at radius 2 is 1.90 bits per heavy atom. The Kier molecular flexibility index (Phi) is 6.84. The van der Waals surface area contributed by atoms with Crippen LogP contribution >= 0.6 is 8.03 Å². The maximum atomic E-state index is 11.5. The zero-order valence-electron chi connectivity index (χ0n) is 10.8. The Morgan fingerprint density at radius 1 is 1.25 bits per heavy atom. The van der Waals surface area contributed by atoms with Gasteiger partial charge in [0, 0.05) is 6.42 Å². The topological polar surface area (TPSA) is 101 Å². The fourth-order valence-corrected chi connectivity index (χ4v) is 2.30. The molecule has 0 amide bonds. The molecule has 108 valence electrons.